The molecule has 0 unspecified atom stereocenters. The number of amides is 1. The Kier molecular flexibility index (Phi) is 4.44. The number of nitriles is 1. The minimum Gasteiger partial charge on any atom is -0.324 e. The van der Waals surface area contributed by atoms with E-state index in [1.54, 1.807) is 18.2 Å². The van der Waals surface area contributed by atoms with Crippen LogP contribution in [0.2, 0.25) is 0 Å². The molecule has 0 aliphatic rings. The Bertz CT molecular complexity index is 702. The van der Waals surface area contributed by atoms with Gasteiger partial charge in [-0.25, -0.2) is 0 Å². The van der Waals surface area contributed by atoms with Crippen molar-refractivity contribution < 1.29 is 4.79 Å². The third-order valence-electron chi connectivity index (χ3n) is 3.41. The summed E-state index contributed by atoms with van der Waals surface area (Å²) in [6, 6.07) is 16.9. The summed E-state index contributed by atoms with van der Waals surface area (Å²) < 4.78 is 0.805. The van der Waals surface area contributed by atoms with Gasteiger partial charge in [0.25, 0.3) is 0 Å². The molecule has 0 radical (unpaired) electrons. The molecule has 2 aromatic rings. The molecule has 0 saturated carbocycles. The number of benzene rings is 2. The van der Waals surface area contributed by atoms with E-state index >= 15 is 0 Å². The van der Waals surface area contributed by atoms with Gasteiger partial charge in [0.2, 0.25) is 5.91 Å². The maximum absolute atomic E-state index is 12.6. The first kappa shape index (κ1) is 15.3. The molecule has 0 saturated heterocycles. The summed E-state index contributed by atoms with van der Waals surface area (Å²) in [5, 5.41) is 12.0. The highest BCUT2D eigenvalue weighted by Gasteiger charge is 2.30. The lowest BCUT2D eigenvalue weighted by atomic mass is 9.83. The number of hydrogen-bond acceptors (Lipinski definition) is 2. The molecule has 1 amide bonds. The Balaban J connectivity index is 2.28. The normalized spacial score (nSPS) is 10.8. The average molecular weight is 343 g/mol. The number of halogens is 1. The third kappa shape index (κ3) is 3.32. The second kappa shape index (κ2) is 6.11. The first-order chi connectivity index (χ1) is 9.95. The van der Waals surface area contributed by atoms with Crippen molar-refractivity contribution in [2.24, 2.45) is 0 Å². The molecule has 0 fully saturated rings. The number of rotatable bonds is 3. The fourth-order valence-electron chi connectivity index (χ4n) is 1.98. The summed E-state index contributed by atoms with van der Waals surface area (Å²) >= 11 is 3.32. The largest absolute Gasteiger partial charge is 0.324 e. The van der Waals surface area contributed by atoms with Crippen LogP contribution in [0.25, 0.3) is 0 Å². The SMILES string of the molecule is CC(C)(C(=O)Nc1ccc(Br)cc1C#N)c1ccccc1. The molecule has 21 heavy (non-hydrogen) atoms. The molecule has 1 N–H and O–H groups in total. The van der Waals surface area contributed by atoms with Gasteiger partial charge >= 0.3 is 0 Å². The molecule has 0 aromatic heterocycles. The fourth-order valence-corrected chi connectivity index (χ4v) is 2.34. The average Bonchev–Trinajstić information content (AvgIpc) is 2.49. The molecule has 2 rings (SSSR count). The van der Waals surface area contributed by atoms with E-state index in [9.17, 15) is 4.79 Å². The van der Waals surface area contributed by atoms with Crippen molar-refractivity contribution >= 4 is 27.5 Å². The molecule has 0 aliphatic heterocycles. The number of nitrogens with zero attached hydrogens (tertiary/aromatic N) is 1. The van der Waals surface area contributed by atoms with Crippen molar-refractivity contribution in [2.45, 2.75) is 19.3 Å². The summed E-state index contributed by atoms with van der Waals surface area (Å²) in [6.45, 7) is 3.73. The second-order valence-corrected chi connectivity index (χ2v) is 6.16. The van der Waals surface area contributed by atoms with Gasteiger partial charge in [-0.2, -0.15) is 5.26 Å². The number of carbonyl (C=O) groups is 1. The highest BCUT2D eigenvalue weighted by molar-refractivity contribution is 9.10. The highest BCUT2D eigenvalue weighted by Crippen LogP contribution is 2.27. The summed E-state index contributed by atoms with van der Waals surface area (Å²) in [5.41, 5.74) is 1.20. The molecule has 2 aromatic carbocycles. The van der Waals surface area contributed by atoms with Gasteiger partial charge in [-0.05, 0) is 37.6 Å². The van der Waals surface area contributed by atoms with Gasteiger partial charge in [-0.15, -0.1) is 0 Å². The minimum absolute atomic E-state index is 0.146. The first-order valence-corrected chi connectivity index (χ1v) is 7.31. The molecule has 106 valence electrons. The monoisotopic (exact) mass is 342 g/mol. The van der Waals surface area contributed by atoms with Crippen LogP contribution >= 0.6 is 15.9 Å². The molecule has 0 aliphatic carbocycles. The number of hydrogen-bond donors (Lipinski definition) is 1. The van der Waals surface area contributed by atoms with Crippen molar-refractivity contribution in [3.63, 3.8) is 0 Å². The smallest absolute Gasteiger partial charge is 0.234 e. The minimum atomic E-state index is -0.680. The Labute approximate surface area is 132 Å². The summed E-state index contributed by atoms with van der Waals surface area (Å²) in [7, 11) is 0. The third-order valence-corrected chi connectivity index (χ3v) is 3.91. The van der Waals surface area contributed by atoms with Crippen molar-refractivity contribution in [1.82, 2.24) is 0 Å². The Hall–Kier alpha value is -2.12. The molecular formula is C17H15BrN2O. The van der Waals surface area contributed by atoms with Crippen LogP contribution in [0, 0.1) is 11.3 Å². The standard InChI is InChI=1S/C17H15BrN2O/c1-17(2,13-6-4-3-5-7-13)16(21)20-15-9-8-14(18)10-12(15)11-19/h3-10H,1-2H3,(H,20,21). The van der Waals surface area contributed by atoms with Gasteiger partial charge in [0.15, 0.2) is 0 Å². The van der Waals surface area contributed by atoms with E-state index in [0.29, 0.717) is 11.3 Å². The lowest BCUT2D eigenvalue weighted by Gasteiger charge is -2.24. The van der Waals surface area contributed by atoms with E-state index in [0.717, 1.165) is 10.0 Å². The predicted octanol–water partition coefficient (Wildman–Crippen LogP) is 4.24. The number of nitrogens with one attached hydrogen (secondary N) is 1. The zero-order valence-corrected chi connectivity index (χ0v) is 13.4. The zero-order chi connectivity index (χ0) is 15.5. The summed E-state index contributed by atoms with van der Waals surface area (Å²) in [5.74, 6) is -0.146. The predicted molar refractivity (Wildman–Crippen MR) is 87.0 cm³/mol. The van der Waals surface area contributed by atoms with Gasteiger partial charge in [-0.3, -0.25) is 4.79 Å². The molecule has 0 spiro atoms. The molecular weight excluding hydrogens is 328 g/mol. The van der Waals surface area contributed by atoms with Crippen LogP contribution in [0.4, 0.5) is 5.69 Å². The van der Waals surface area contributed by atoms with Crippen LogP contribution < -0.4 is 5.32 Å². The fraction of sp³-hybridized carbons (Fsp3) is 0.176. The Morgan fingerprint density at radius 1 is 1.19 bits per heavy atom. The Morgan fingerprint density at radius 3 is 2.48 bits per heavy atom. The zero-order valence-electron chi connectivity index (χ0n) is 11.9. The molecule has 0 bridgehead atoms. The molecule has 4 heteroatoms. The van der Waals surface area contributed by atoms with Gasteiger partial charge in [0.1, 0.15) is 6.07 Å². The van der Waals surface area contributed by atoms with Crippen molar-refractivity contribution in [3.05, 3.63) is 64.1 Å². The van der Waals surface area contributed by atoms with Gasteiger partial charge in [0, 0.05) is 4.47 Å². The quantitative estimate of drug-likeness (QED) is 0.906. The second-order valence-electron chi connectivity index (χ2n) is 5.25. The van der Waals surface area contributed by atoms with Gasteiger partial charge in [-0.1, -0.05) is 46.3 Å². The van der Waals surface area contributed by atoms with Crippen molar-refractivity contribution in [3.8, 4) is 6.07 Å². The van der Waals surface area contributed by atoms with Crippen LogP contribution in [0.1, 0.15) is 25.0 Å². The van der Waals surface area contributed by atoms with Gasteiger partial charge < -0.3 is 5.32 Å². The van der Waals surface area contributed by atoms with Crippen LogP contribution in [-0.4, -0.2) is 5.91 Å². The molecule has 0 heterocycles. The van der Waals surface area contributed by atoms with Gasteiger partial charge in [0.05, 0.1) is 16.7 Å². The van der Waals surface area contributed by atoms with Crippen LogP contribution in [0.3, 0.4) is 0 Å². The number of carbonyl (C=O) groups excluding carboxylic acids is 1. The summed E-state index contributed by atoms with van der Waals surface area (Å²) in [6.07, 6.45) is 0. The Morgan fingerprint density at radius 2 is 1.86 bits per heavy atom. The van der Waals surface area contributed by atoms with E-state index in [4.69, 9.17) is 5.26 Å². The maximum atomic E-state index is 12.6. The van der Waals surface area contributed by atoms with E-state index in [-0.39, 0.29) is 5.91 Å². The van der Waals surface area contributed by atoms with E-state index in [1.807, 2.05) is 44.2 Å². The van der Waals surface area contributed by atoms with E-state index < -0.39 is 5.41 Å². The summed E-state index contributed by atoms with van der Waals surface area (Å²) in [4.78, 5) is 12.6. The lowest BCUT2D eigenvalue weighted by molar-refractivity contribution is -0.120. The highest BCUT2D eigenvalue weighted by atomic mass is 79.9. The van der Waals surface area contributed by atoms with E-state index in [1.165, 1.54) is 0 Å². The van der Waals surface area contributed by atoms with Crippen molar-refractivity contribution in [2.75, 3.05) is 5.32 Å². The van der Waals surface area contributed by atoms with Crippen LogP contribution in [0.15, 0.2) is 53.0 Å². The maximum Gasteiger partial charge on any atom is 0.234 e. The lowest BCUT2D eigenvalue weighted by Crippen LogP contribution is -2.34. The first-order valence-electron chi connectivity index (χ1n) is 6.52. The molecule has 0 atom stereocenters. The molecule has 3 nitrogen and oxygen atoms in total. The van der Waals surface area contributed by atoms with Crippen LogP contribution in [-0.2, 0) is 10.2 Å². The van der Waals surface area contributed by atoms with Crippen molar-refractivity contribution in [1.29, 1.82) is 5.26 Å². The topological polar surface area (TPSA) is 52.9 Å². The van der Waals surface area contributed by atoms with Crippen LogP contribution in [0.5, 0.6) is 0 Å². The number of anilines is 1. The van der Waals surface area contributed by atoms with E-state index in [2.05, 4.69) is 27.3 Å².